The minimum absolute atomic E-state index is 0.122. The first kappa shape index (κ1) is 27.1. The van der Waals surface area contributed by atoms with E-state index in [4.69, 9.17) is 21.1 Å². The van der Waals surface area contributed by atoms with Gasteiger partial charge in [-0.15, -0.1) is 0 Å². The Bertz CT molecular complexity index is 1290. The summed E-state index contributed by atoms with van der Waals surface area (Å²) in [6, 6.07) is 9.04. The first-order valence-corrected chi connectivity index (χ1v) is 11.2. The van der Waals surface area contributed by atoms with Gasteiger partial charge in [-0.25, -0.2) is 14.2 Å². The summed E-state index contributed by atoms with van der Waals surface area (Å²) in [5, 5.41) is 3.38. The molecule has 0 unspecified atom stereocenters. The number of benzene rings is 2. The molecule has 1 heterocycles. The van der Waals surface area contributed by atoms with Gasteiger partial charge < -0.3 is 14.8 Å². The molecule has 0 spiro atoms. The minimum Gasteiger partial charge on any atom is -0.467 e. The number of ether oxygens (including phenoxy) is 2. The molecule has 0 radical (unpaired) electrons. The predicted octanol–water partition coefficient (Wildman–Crippen LogP) is 5.61. The molecule has 3 aromatic rings. The van der Waals surface area contributed by atoms with E-state index in [2.05, 4.69) is 5.32 Å². The van der Waals surface area contributed by atoms with E-state index in [-0.39, 0.29) is 12.1 Å². The standard InChI is InChI=1S/C25H24ClF3N2O5/c1-24(2,3)36-23(34)31-19-10-9-17(26)12-15(19)13-20(31)21(32)30-18(22(33)35-4)11-14-5-7-16(8-6-14)25(27,28)29/h5-10,12-13,18H,11H2,1-4H3,(H,30,32)/t18-/m0/s1. The highest BCUT2D eigenvalue weighted by molar-refractivity contribution is 6.31. The first-order valence-electron chi connectivity index (χ1n) is 10.8. The zero-order valence-corrected chi connectivity index (χ0v) is 20.7. The summed E-state index contributed by atoms with van der Waals surface area (Å²) in [5.74, 6) is -1.61. The highest BCUT2D eigenvalue weighted by Gasteiger charge is 2.31. The van der Waals surface area contributed by atoms with Gasteiger partial charge in [0, 0.05) is 16.8 Å². The third-order valence-corrected chi connectivity index (χ3v) is 5.32. The molecule has 1 atom stereocenters. The monoisotopic (exact) mass is 524 g/mol. The van der Waals surface area contributed by atoms with Crippen molar-refractivity contribution in [3.05, 3.63) is 70.4 Å². The van der Waals surface area contributed by atoms with Crippen LogP contribution in [0.25, 0.3) is 10.9 Å². The molecule has 3 rings (SSSR count). The van der Waals surface area contributed by atoms with Crippen LogP contribution >= 0.6 is 11.6 Å². The van der Waals surface area contributed by atoms with Crippen molar-refractivity contribution in [3.63, 3.8) is 0 Å². The van der Waals surface area contributed by atoms with Crippen LogP contribution in [0.2, 0.25) is 5.02 Å². The number of hydrogen-bond acceptors (Lipinski definition) is 5. The van der Waals surface area contributed by atoms with Gasteiger partial charge in [-0.3, -0.25) is 4.79 Å². The zero-order valence-electron chi connectivity index (χ0n) is 19.9. The molecule has 36 heavy (non-hydrogen) atoms. The molecule has 1 aromatic heterocycles. The van der Waals surface area contributed by atoms with Crippen LogP contribution in [0.5, 0.6) is 0 Å². The molecule has 192 valence electrons. The average Bonchev–Trinajstić information content (AvgIpc) is 3.15. The summed E-state index contributed by atoms with van der Waals surface area (Å²) < 4.78 is 49.9. The van der Waals surface area contributed by atoms with Crippen LogP contribution in [0.4, 0.5) is 18.0 Å². The Morgan fingerprint density at radius 3 is 2.22 bits per heavy atom. The van der Waals surface area contributed by atoms with E-state index >= 15 is 0 Å². The topological polar surface area (TPSA) is 86.6 Å². The van der Waals surface area contributed by atoms with Crippen LogP contribution in [0, 0.1) is 0 Å². The Hall–Kier alpha value is -3.53. The van der Waals surface area contributed by atoms with E-state index in [0.29, 0.717) is 21.5 Å². The molecule has 0 bridgehead atoms. The van der Waals surface area contributed by atoms with Gasteiger partial charge in [0.1, 0.15) is 17.3 Å². The third-order valence-electron chi connectivity index (χ3n) is 5.08. The number of rotatable bonds is 5. The molecule has 2 aromatic carbocycles. The molecule has 1 N–H and O–H groups in total. The van der Waals surface area contributed by atoms with E-state index in [9.17, 15) is 27.6 Å². The van der Waals surface area contributed by atoms with Gasteiger partial charge in [0.05, 0.1) is 18.2 Å². The molecule has 0 fully saturated rings. The quantitative estimate of drug-likeness (QED) is 0.438. The van der Waals surface area contributed by atoms with E-state index in [1.54, 1.807) is 39.0 Å². The summed E-state index contributed by atoms with van der Waals surface area (Å²) in [6.45, 7) is 5.01. The number of amides is 1. The fraction of sp³-hybridized carbons (Fsp3) is 0.320. The van der Waals surface area contributed by atoms with Gasteiger partial charge in [-0.05, 0) is 62.7 Å². The normalized spacial score (nSPS) is 12.8. The highest BCUT2D eigenvalue weighted by Crippen LogP contribution is 2.29. The van der Waals surface area contributed by atoms with Gasteiger partial charge in [0.2, 0.25) is 0 Å². The van der Waals surface area contributed by atoms with E-state index in [0.717, 1.165) is 23.8 Å². The zero-order chi connectivity index (χ0) is 26.8. The SMILES string of the molecule is COC(=O)[C@H](Cc1ccc(C(F)(F)F)cc1)NC(=O)c1cc2cc(Cl)ccc2n1C(=O)OC(C)(C)C. The number of aromatic nitrogens is 1. The van der Waals surface area contributed by atoms with Crippen molar-refractivity contribution in [1.82, 2.24) is 9.88 Å². The summed E-state index contributed by atoms with van der Waals surface area (Å²) >= 11 is 6.06. The lowest BCUT2D eigenvalue weighted by Crippen LogP contribution is -2.44. The fourth-order valence-electron chi connectivity index (χ4n) is 3.49. The Kier molecular flexibility index (Phi) is 7.68. The van der Waals surface area contributed by atoms with Crippen LogP contribution in [0.3, 0.4) is 0 Å². The lowest BCUT2D eigenvalue weighted by atomic mass is 10.0. The molecule has 1 amide bonds. The van der Waals surface area contributed by atoms with Crippen LogP contribution in [0.1, 0.15) is 42.4 Å². The maximum absolute atomic E-state index is 13.3. The van der Waals surface area contributed by atoms with Gasteiger partial charge in [0.25, 0.3) is 5.91 Å². The Morgan fingerprint density at radius 1 is 1.03 bits per heavy atom. The van der Waals surface area contributed by atoms with Crippen molar-refractivity contribution in [2.75, 3.05) is 7.11 Å². The Labute approximate surface area is 210 Å². The number of esters is 1. The Morgan fingerprint density at radius 2 is 1.67 bits per heavy atom. The van der Waals surface area contributed by atoms with Crippen molar-refractivity contribution in [2.45, 2.75) is 45.0 Å². The molecular weight excluding hydrogens is 501 g/mol. The van der Waals surface area contributed by atoms with Gasteiger partial charge in [0.15, 0.2) is 0 Å². The predicted molar refractivity (Wildman–Crippen MR) is 127 cm³/mol. The number of halogens is 4. The summed E-state index contributed by atoms with van der Waals surface area (Å²) in [5.41, 5.74) is -1.10. The number of nitrogens with one attached hydrogen (secondary N) is 1. The van der Waals surface area contributed by atoms with E-state index < -0.39 is 41.4 Å². The first-order chi connectivity index (χ1) is 16.7. The number of carbonyl (C=O) groups excluding carboxylic acids is 3. The summed E-state index contributed by atoms with van der Waals surface area (Å²) in [4.78, 5) is 38.6. The maximum Gasteiger partial charge on any atom is 0.419 e. The second-order valence-electron chi connectivity index (χ2n) is 9.00. The van der Waals surface area contributed by atoms with Crippen molar-refractivity contribution in [3.8, 4) is 0 Å². The number of methoxy groups -OCH3 is 1. The van der Waals surface area contributed by atoms with E-state index in [1.807, 2.05) is 0 Å². The van der Waals surface area contributed by atoms with Gasteiger partial charge in [-0.1, -0.05) is 23.7 Å². The number of hydrogen-bond donors (Lipinski definition) is 1. The van der Waals surface area contributed by atoms with Crippen LogP contribution in [-0.2, 0) is 26.9 Å². The summed E-state index contributed by atoms with van der Waals surface area (Å²) in [7, 11) is 1.12. The molecule has 0 aliphatic heterocycles. The second kappa shape index (κ2) is 10.2. The van der Waals surface area contributed by atoms with Crippen molar-refractivity contribution >= 4 is 40.5 Å². The molecule has 7 nitrogen and oxygen atoms in total. The number of carbonyl (C=O) groups is 3. The molecule has 0 saturated carbocycles. The highest BCUT2D eigenvalue weighted by atomic mass is 35.5. The largest absolute Gasteiger partial charge is 0.467 e. The number of nitrogens with zero attached hydrogens (tertiary/aromatic N) is 1. The van der Waals surface area contributed by atoms with Crippen LogP contribution < -0.4 is 5.32 Å². The summed E-state index contributed by atoms with van der Waals surface area (Å²) in [6.07, 6.45) is -5.47. The number of alkyl halides is 3. The van der Waals surface area contributed by atoms with Crippen LogP contribution in [-0.4, -0.2) is 41.3 Å². The minimum atomic E-state index is -4.51. The van der Waals surface area contributed by atoms with E-state index in [1.165, 1.54) is 18.2 Å². The van der Waals surface area contributed by atoms with Crippen molar-refractivity contribution in [2.24, 2.45) is 0 Å². The van der Waals surface area contributed by atoms with Crippen LogP contribution in [0.15, 0.2) is 48.5 Å². The lowest BCUT2D eigenvalue weighted by molar-refractivity contribution is -0.143. The molecule has 0 aliphatic rings. The maximum atomic E-state index is 13.3. The number of fused-ring (bicyclic) bond motifs is 1. The van der Waals surface area contributed by atoms with Gasteiger partial charge >= 0.3 is 18.2 Å². The third kappa shape index (κ3) is 6.37. The smallest absolute Gasteiger partial charge is 0.419 e. The van der Waals surface area contributed by atoms with Gasteiger partial charge in [-0.2, -0.15) is 13.2 Å². The van der Waals surface area contributed by atoms with Crippen molar-refractivity contribution in [1.29, 1.82) is 0 Å². The molecule has 0 saturated heterocycles. The lowest BCUT2D eigenvalue weighted by Gasteiger charge is -2.21. The Balaban J connectivity index is 1.95. The fourth-order valence-corrected chi connectivity index (χ4v) is 3.67. The molecule has 0 aliphatic carbocycles. The molecular formula is C25H24ClF3N2O5. The average molecular weight is 525 g/mol. The molecule has 11 heteroatoms. The second-order valence-corrected chi connectivity index (χ2v) is 9.43. The van der Waals surface area contributed by atoms with Crippen molar-refractivity contribution < 1.29 is 37.0 Å².